The van der Waals surface area contributed by atoms with Crippen LogP contribution in [0.25, 0.3) is 5.69 Å². The van der Waals surface area contributed by atoms with Crippen molar-refractivity contribution < 1.29 is 9.47 Å². The molecule has 0 saturated carbocycles. The summed E-state index contributed by atoms with van der Waals surface area (Å²) >= 11 is 0. The van der Waals surface area contributed by atoms with Crippen molar-refractivity contribution in [3.8, 4) is 17.2 Å². The standard InChI is InChI=1S/C14H12N2O2/c1-2-15-14-9-6-12-13(18-8-17-12)7-11(9)16-5-3-4-10(14)16/h3-7H,2,8H2,1H3. The van der Waals surface area contributed by atoms with Gasteiger partial charge >= 0.3 is 0 Å². The maximum Gasteiger partial charge on any atom is 0.231 e. The van der Waals surface area contributed by atoms with E-state index in [0.717, 1.165) is 40.7 Å². The number of benzene rings is 1. The van der Waals surface area contributed by atoms with Crippen molar-refractivity contribution >= 4 is 5.71 Å². The summed E-state index contributed by atoms with van der Waals surface area (Å²) in [5, 5.41) is 0. The molecule has 90 valence electrons. The first kappa shape index (κ1) is 9.76. The van der Waals surface area contributed by atoms with E-state index in [1.165, 1.54) is 0 Å². The SMILES string of the molecule is CCN=C1c2cc3c(cc2-n2cccc21)OCO3. The van der Waals surface area contributed by atoms with Crippen molar-refractivity contribution in [2.75, 3.05) is 13.3 Å². The maximum absolute atomic E-state index is 5.44. The molecule has 3 heterocycles. The number of aliphatic imine (C=N–C) groups is 1. The van der Waals surface area contributed by atoms with Gasteiger partial charge in [-0.2, -0.15) is 0 Å². The summed E-state index contributed by atoms with van der Waals surface area (Å²) in [5.41, 5.74) is 4.41. The lowest BCUT2D eigenvalue weighted by atomic mass is 10.1. The Bertz CT molecular complexity index is 670. The molecule has 0 unspecified atom stereocenters. The van der Waals surface area contributed by atoms with E-state index in [4.69, 9.17) is 9.47 Å². The second-order valence-electron chi connectivity index (χ2n) is 4.31. The number of rotatable bonds is 1. The molecule has 4 heteroatoms. The zero-order valence-corrected chi connectivity index (χ0v) is 10.0. The van der Waals surface area contributed by atoms with Gasteiger partial charge in [-0.1, -0.05) is 0 Å². The zero-order chi connectivity index (χ0) is 12.1. The van der Waals surface area contributed by atoms with Crippen molar-refractivity contribution in [3.05, 3.63) is 41.7 Å². The Morgan fingerprint density at radius 2 is 2.11 bits per heavy atom. The molecule has 0 saturated heterocycles. The molecule has 0 spiro atoms. The highest BCUT2D eigenvalue weighted by Crippen LogP contribution is 2.40. The van der Waals surface area contributed by atoms with Gasteiger partial charge in [-0.3, -0.25) is 4.99 Å². The summed E-state index contributed by atoms with van der Waals surface area (Å²) in [7, 11) is 0. The highest BCUT2D eigenvalue weighted by atomic mass is 16.7. The van der Waals surface area contributed by atoms with Gasteiger partial charge in [-0.15, -0.1) is 0 Å². The van der Waals surface area contributed by atoms with Crippen LogP contribution in [0.3, 0.4) is 0 Å². The number of fused-ring (bicyclic) bond motifs is 4. The van der Waals surface area contributed by atoms with E-state index in [1.807, 2.05) is 25.1 Å². The van der Waals surface area contributed by atoms with E-state index >= 15 is 0 Å². The molecule has 0 fully saturated rings. The number of aromatic nitrogens is 1. The van der Waals surface area contributed by atoms with Gasteiger partial charge in [0.25, 0.3) is 0 Å². The Balaban J connectivity index is 2.02. The van der Waals surface area contributed by atoms with Crippen LogP contribution in [0, 0.1) is 0 Å². The van der Waals surface area contributed by atoms with Gasteiger partial charge in [-0.05, 0) is 25.1 Å². The molecule has 0 aliphatic carbocycles. The first-order valence-corrected chi connectivity index (χ1v) is 6.05. The molecule has 0 bridgehead atoms. The molecule has 2 aliphatic heterocycles. The predicted molar refractivity (Wildman–Crippen MR) is 68.1 cm³/mol. The van der Waals surface area contributed by atoms with Crippen molar-refractivity contribution in [1.29, 1.82) is 0 Å². The minimum absolute atomic E-state index is 0.303. The average molecular weight is 240 g/mol. The fraction of sp³-hybridized carbons (Fsp3) is 0.214. The normalized spacial score (nSPS) is 17.1. The number of hydrogen-bond acceptors (Lipinski definition) is 3. The third-order valence-electron chi connectivity index (χ3n) is 3.31. The Kier molecular flexibility index (Phi) is 1.84. The lowest BCUT2D eigenvalue weighted by Crippen LogP contribution is -1.99. The highest BCUT2D eigenvalue weighted by molar-refractivity contribution is 6.17. The van der Waals surface area contributed by atoms with Crippen LogP contribution in [0.15, 0.2) is 35.5 Å². The summed E-state index contributed by atoms with van der Waals surface area (Å²) in [4.78, 5) is 4.60. The topological polar surface area (TPSA) is 35.8 Å². The molecular formula is C14H12N2O2. The number of hydrogen-bond donors (Lipinski definition) is 0. The summed E-state index contributed by atoms with van der Waals surface area (Å²) in [5.74, 6) is 1.62. The summed E-state index contributed by atoms with van der Waals surface area (Å²) in [6, 6.07) is 8.17. The fourth-order valence-electron chi connectivity index (χ4n) is 2.57. The van der Waals surface area contributed by atoms with E-state index in [1.54, 1.807) is 0 Å². The summed E-state index contributed by atoms with van der Waals surface area (Å²) < 4.78 is 13.0. The number of nitrogens with zero attached hydrogens (tertiary/aromatic N) is 2. The van der Waals surface area contributed by atoms with Gasteiger partial charge in [0, 0.05) is 24.4 Å². The first-order chi connectivity index (χ1) is 8.88. The van der Waals surface area contributed by atoms with Crippen LogP contribution in [-0.4, -0.2) is 23.6 Å². The number of ether oxygens (including phenoxy) is 2. The first-order valence-electron chi connectivity index (χ1n) is 6.05. The third-order valence-corrected chi connectivity index (χ3v) is 3.31. The maximum atomic E-state index is 5.44. The van der Waals surface area contributed by atoms with E-state index in [2.05, 4.69) is 21.8 Å². The largest absolute Gasteiger partial charge is 0.454 e. The van der Waals surface area contributed by atoms with Gasteiger partial charge in [-0.25, -0.2) is 0 Å². The van der Waals surface area contributed by atoms with Gasteiger partial charge < -0.3 is 14.0 Å². The van der Waals surface area contributed by atoms with E-state index < -0.39 is 0 Å². The Morgan fingerprint density at radius 3 is 2.94 bits per heavy atom. The molecule has 0 atom stereocenters. The fourth-order valence-corrected chi connectivity index (χ4v) is 2.57. The van der Waals surface area contributed by atoms with Crippen LogP contribution in [0.5, 0.6) is 11.5 Å². The average Bonchev–Trinajstić information content (AvgIpc) is 3.05. The van der Waals surface area contributed by atoms with Crippen LogP contribution in [0.1, 0.15) is 18.2 Å². The van der Waals surface area contributed by atoms with E-state index in [0.29, 0.717) is 6.79 Å². The molecule has 0 radical (unpaired) electrons. The monoisotopic (exact) mass is 240 g/mol. The molecule has 4 rings (SSSR count). The summed E-state index contributed by atoms with van der Waals surface area (Å²) in [6.07, 6.45) is 2.05. The van der Waals surface area contributed by atoms with E-state index in [-0.39, 0.29) is 0 Å². The summed E-state index contributed by atoms with van der Waals surface area (Å²) in [6.45, 7) is 3.12. The predicted octanol–water partition coefficient (Wildman–Crippen LogP) is 2.38. The smallest absolute Gasteiger partial charge is 0.231 e. The molecule has 0 N–H and O–H groups in total. The highest BCUT2D eigenvalue weighted by Gasteiger charge is 2.28. The second kappa shape index (κ2) is 3.38. The minimum atomic E-state index is 0.303. The van der Waals surface area contributed by atoms with Crippen molar-refractivity contribution in [3.63, 3.8) is 0 Å². The van der Waals surface area contributed by atoms with E-state index in [9.17, 15) is 0 Å². The van der Waals surface area contributed by atoms with Crippen molar-refractivity contribution in [2.24, 2.45) is 4.99 Å². The molecule has 2 aliphatic rings. The van der Waals surface area contributed by atoms with Gasteiger partial charge in [0.05, 0.1) is 17.1 Å². The molecule has 1 aromatic heterocycles. The van der Waals surface area contributed by atoms with Gasteiger partial charge in [0.2, 0.25) is 6.79 Å². The van der Waals surface area contributed by atoms with Gasteiger partial charge in [0.15, 0.2) is 11.5 Å². The molecular weight excluding hydrogens is 228 g/mol. The molecule has 4 nitrogen and oxygen atoms in total. The van der Waals surface area contributed by atoms with Crippen LogP contribution in [0.4, 0.5) is 0 Å². The van der Waals surface area contributed by atoms with Crippen molar-refractivity contribution in [1.82, 2.24) is 4.57 Å². The zero-order valence-electron chi connectivity index (χ0n) is 10.0. The molecule has 18 heavy (non-hydrogen) atoms. The Morgan fingerprint density at radius 1 is 1.28 bits per heavy atom. The van der Waals surface area contributed by atoms with Crippen LogP contribution >= 0.6 is 0 Å². The quantitative estimate of drug-likeness (QED) is 0.654. The lowest BCUT2D eigenvalue weighted by molar-refractivity contribution is 0.174. The van der Waals surface area contributed by atoms with Crippen LogP contribution < -0.4 is 9.47 Å². The molecule has 1 aromatic carbocycles. The Labute approximate surface area is 104 Å². The molecule has 0 amide bonds. The lowest BCUT2D eigenvalue weighted by Gasteiger charge is -2.03. The Hall–Kier alpha value is -2.23. The van der Waals surface area contributed by atoms with Crippen molar-refractivity contribution in [2.45, 2.75) is 6.92 Å². The van der Waals surface area contributed by atoms with Crippen LogP contribution in [0.2, 0.25) is 0 Å². The second-order valence-corrected chi connectivity index (χ2v) is 4.31. The van der Waals surface area contributed by atoms with Crippen LogP contribution in [-0.2, 0) is 0 Å². The van der Waals surface area contributed by atoms with Gasteiger partial charge in [0.1, 0.15) is 0 Å². The molecule has 2 aromatic rings. The minimum Gasteiger partial charge on any atom is -0.454 e. The third kappa shape index (κ3) is 1.12.